The van der Waals surface area contributed by atoms with Gasteiger partial charge in [-0.15, -0.1) is 12.4 Å². The van der Waals surface area contributed by atoms with Crippen molar-refractivity contribution in [1.82, 2.24) is 5.32 Å². The summed E-state index contributed by atoms with van der Waals surface area (Å²) in [4.78, 5) is 0. The molecule has 0 unspecified atom stereocenters. The molecule has 5 heteroatoms. The zero-order valence-corrected chi connectivity index (χ0v) is 9.85. The molecule has 1 N–H and O–H groups in total. The van der Waals surface area contributed by atoms with Gasteiger partial charge in [-0.25, -0.2) is 8.42 Å². The lowest BCUT2D eigenvalue weighted by Crippen LogP contribution is -2.51. The number of rotatable bonds is 3. The molecule has 84 valence electrons. The Bertz CT molecular complexity index is 401. The van der Waals surface area contributed by atoms with Crippen LogP contribution in [0, 0.1) is 0 Å². The number of hydrogen-bond acceptors (Lipinski definition) is 3. The third-order valence-corrected chi connectivity index (χ3v) is 4.55. The maximum Gasteiger partial charge on any atom is 0.159 e. The summed E-state index contributed by atoms with van der Waals surface area (Å²) < 4.78 is 23.5. The van der Waals surface area contributed by atoms with Crippen LogP contribution in [-0.4, -0.2) is 26.8 Å². The highest BCUT2D eigenvalue weighted by molar-refractivity contribution is 7.91. The topological polar surface area (TPSA) is 46.2 Å². The summed E-state index contributed by atoms with van der Waals surface area (Å²) in [5.41, 5.74) is 0.874. The lowest BCUT2D eigenvalue weighted by Gasteiger charge is -2.26. The van der Waals surface area contributed by atoms with Crippen molar-refractivity contribution in [1.29, 1.82) is 0 Å². The molecule has 1 aliphatic heterocycles. The SMILES string of the molecule is Cl.O=S(=O)(Cc1ccccc1)C1CNC1. The fraction of sp³-hybridized carbons (Fsp3) is 0.400. The highest BCUT2D eigenvalue weighted by Crippen LogP contribution is 2.13. The van der Waals surface area contributed by atoms with Gasteiger partial charge in [0.1, 0.15) is 0 Å². The molecule has 1 aromatic rings. The summed E-state index contributed by atoms with van der Waals surface area (Å²) in [7, 11) is -2.94. The third-order valence-electron chi connectivity index (χ3n) is 2.46. The van der Waals surface area contributed by atoms with Crippen molar-refractivity contribution in [3.05, 3.63) is 35.9 Å². The van der Waals surface area contributed by atoms with E-state index in [2.05, 4.69) is 5.32 Å². The molecule has 1 fully saturated rings. The van der Waals surface area contributed by atoms with Crippen LogP contribution in [0.2, 0.25) is 0 Å². The standard InChI is InChI=1S/C10H13NO2S.ClH/c12-14(13,10-6-11-7-10)8-9-4-2-1-3-5-9;/h1-5,10-11H,6-8H2;1H. The molecule has 0 saturated carbocycles. The predicted octanol–water partition coefficient (Wildman–Crippen LogP) is 0.995. The molecule has 0 bridgehead atoms. The molecule has 0 amide bonds. The minimum absolute atomic E-state index is 0. The molecule has 0 spiro atoms. The molecular formula is C10H14ClNO2S. The second kappa shape index (κ2) is 4.96. The van der Waals surface area contributed by atoms with Gasteiger partial charge in [0.25, 0.3) is 0 Å². The summed E-state index contributed by atoms with van der Waals surface area (Å²) in [6.45, 7) is 1.21. The number of benzene rings is 1. The van der Waals surface area contributed by atoms with E-state index in [9.17, 15) is 8.42 Å². The average molecular weight is 248 g/mol. The predicted molar refractivity (Wildman–Crippen MR) is 63.0 cm³/mol. The fourth-order valence-corrected chi connectivity index (χ4v) is 3.08. The van der Waals surface area contributed by atoms with E-state index in [0.29, 0.717) is 13.1 Å². The van der Waals surface area contributed by atoms with Crippen LogP contribution in [0.4, 0.5) is 0 Å². The molecule has 0 aliphatic carbocycles. The Hall–Kier alpha value is -0.580. The first-order valence-corrected chi connectivity index (χ1v) is 6.36. The van der Waals surface area contributed by atoms with Gasteiger partial charge in [-0.3, -0.25) is 0 Å². The summed E-state index contributed by atoms with van der Waals surface area (Å²) in [6, 6.07) is 9.32. The van der Waals surface area contributed by atoms with E-state index in [1.165, 1.54) is 0 Å². The Morgan fingerprint density at radius 2 is 1.80 bits per heavy atom. The van der Waals surface area contributed by atoms with Gasteiger partial charge in [0.15, 0.2) is 9.84 Å². The Kier molecular flexibility index (Phi) is 4.13. The van der Waals surface area contributed by atoms with E-state index >= 15 is 0 Å². The van der Waals surface area contributed by atoms with Crippen LogP contribution in [0.25, 0.3) is 0 Å². The van der Waals surface area contributed by atoms with Gasteiger partial charge in [-0.1, -0.05) is 30.3 Å². The Morgan fingerprint density at radius 1 is 1.20 bits per heavy atom. The number of hydrogen-bond donors (Lipinski definition) is 1. The maximum atomic E-state index is 11.7. The van der Waals surface area contributed by atoms with E-state index in [1.807, 2.05) is 30.3 Å². The molecule has 0 radical (unpaired) electrons. The fourth-order valence-electron chi connectivity index (χ4n) is 1.44. The second-order valence-corrected chi connectivity index (χ2v) is 5.85. The van der Waals surface area contributed by atoms with Crippen LogP contribution < -0.4 is 5.32 Å². The first-order valence-electron chi connectivity index (χ1n) is 4.65. The van der Waals surface area contributed by atoms with Crippen LogP contribution in [-0.2, 0) is 15.6 Å². The highest BCUT2D eigenvalue weighted by Gasteiger charge is 2.30. The minimum atomic E-state index is -2.94. The van der Waals surface area contributed by atoms with Crippen molar-refractivity contribution < 1.29 is 8.42 Å². The monoisotopic (exact) mass is 247 g/mol. The van der Waals surface area contributed by atoms with Gasteiger partial charge in [-0.2, -0.15) is 0 Å². The van der Waals surface area contributed by atoms with Crippen LogP contribution in [0.1, 0.15) is 5.56 Å². The largest absolute Gasteiger partial charge is 0.314 e. The molecule has 15 heavy (non-hydrogen) atoms. The molecule has 0 atom stereocenters. The van der Waals surface area contributed by atoms with Gasteiger partial charge in [0, 0.05) is 13.1 Å². The zero-order chi connectivity index (χ0) is 10.0. The van der Waals surface area contributed by atoms with Crippen LogP contribution in [0.15, 0.2) is 30.3 Å². The Balaban J connectivity index is 0.00000112. The summed E-state index contributed by atoms with van der Waals surface area (Å²) in [5.74, 6) is 0.167. The molecule has 1 aliphatic rings. The maximum absolute atomic E-state index is 11.7. The smallest absolute Gasteiger partial charge is 0.159 e. The molecule has 2 rings (SSSR count). The van der Waals surface area contributed by atoms with Crippen LogP contribution >= 0.6 is 12.4 Å². The average Bonchev–Trinajstić information content (AvgIpc) is 2.00. The van der Waals surface area contributed by atoms with Crippen molar-refractivity contribution >= 4 is 22.2 Å². The van der Waals surface area contributed by atoms with Crippen molar-refractivity contribution in [2.75, 3.05) is 13.1 Å². The molecule has 1 aromatic carbocycles. The van der Waals surface area contributed by atoms with Crippen molar-refractivity contribution in [3.63, 3.8) is 0 Å². The van der Waals surface area contributed by atoms with Crippen LogP contribution in [0.3, 0.4) is 0 Å². The first-order chi connectivity index (χ1) is 6.68. The normalized spacial score (nSPS) is 16.5. The van der Waals surface area contributed by atoms with Gasteiger partial charge < -0.3 is 5.32 Å². The summed E-state index contributed by atoms with van der Waals surface area (Å²) >= 11 is 0. The Morgan fingerprint density at radius 3 is 2.27 bits per heavy atom. The lowest BCUT2D eigenvalue weighted by atomic mass is 10.2. The Labute approximate surface area is 96.2 Å². The van der Waals surface area contributed by atoms with Crippen LogP contribution in [0.5, 0.6) is 0 Å². The number of sulfone groups is 1. The molecule has 1 heterocycles. The minimum Gasteiger partial charge on any atom is -0.314 e. The lowest BCUT2D eigenvalue weighted by molar-refractivity contribution is 0.495. The first kappa shape index (κ1) is 12.5. The van der Waals surface area contributed by atoms with E-state index in [1.54, 1.807) is 0 Å². The van der Waals surface area contributed by atoms with Crippen molar-refractivity contribution in [3.8, 4) is 0 Å². The highest BCUT2D eigenvalue weighted by atomic mass is 35.5. The molecular weight excluding hydrogens is 234 g/mol. The molecule has 0 aromatic heterocycles. The third kappa shape index (κ3) is 2.93. The summed E-state index contributed by atoms with van der Waals surface area (Å²) in [5, 5.41) is 2.80. The van der Waals surface area contributed by atoms with E-state index in [-0.39, 0.29) is 23.4 Å². The van der Waals surface area contributed by atoms with Gasteiger partial charge in [0.2, 0.25) is 0 Å². The summed E-state index contributed by atoms with van der Waals surface area (Å²) in [6.07, 6.45) is 0. The van der Waals surface area contributed by atoms with E-state index < -0.39 is 9.84 Å². The number of nitrogens with one attached hydrogen (secondary N) is 1. The molecule has 1 saturated heterocycles. The van der Waals surface area contributed by atoms with Gasteiger partial charge in [-0.05, 0) is 5.56 Å². The number of halogens is 1. The van der Waals surface area contributed by atoms with Gasteiger partial charge >= 0.3 is 0 Å². The quantitative estimate of drug-likeness (QED) is 0.867. The van der Waals surface area contributed by atoms with E-state index in [0.717, 1.165) is 5.56 Å². The van der Waals surface area contributed by atoms with Crippen molar-refractivity contribution in [2.24, 2.45) is 0 Å². The van der Waals surface area contributed by atoms with E-state index in [4.69, 9.17) is 0 Å². The van der Waals surface area contributed by atoms with Crippen molar-refractivity contribution in [2.45, 2.75) is 11.0 Å². The van der Waals surface area contributed by atoms with Gasteiger partial charge in [0.05, 0.1) is 11.0 Å². The second-order valence-electron chi connectivity index (χ2n) is 3.57. The molecule has 3 nitrogen and oxygen atoms in total. The zero-order valence-electron chi connectivity index (χ0n) is 8.22.